The summed E-state index contributed by atoms with van der Waals surface area (Å²) in [6.45, 7) is -0.139. The largest absolute Gasteiger partial charge is 0.862 e. The lowest BCUT2D eigenvalue weighted by Gasteiger charge is -2.43. The highest BCUT2D eigenvalue weighted by atomic mass is 31.3. The number of aliphatic hydroxyl groups is 4. The van der Waals surface area contributed by atoms with Crippen molar-refractivity contribution in [2.75, 3.05) is 25.7 Å². The Morgan fingerprint density at radius 2 is 1.73 bits per heavy atom. The number of ether oxygens (including phenoxy) is 3. The van der Waals surface area contributed by atoms with E-state index in [0.29, 0.717) is 4.57 Å². The standard InChI is InChI=1S/C22H36N3O21P3/c1-9(20(32)33)7-47(35,36)8-41-18-14(23-10(2)27)21(44-11(5-26)16(18)30)45-49(39,40)46-48(37,38)42-6-12-15(29)17(31)19(43-12)25-4-3-13(28)24-22(25)34/h3-4,9,11-12,14-19,21,26,29-31H,5-8H2,1-2H3,(H,23,27)(H,32,33)(H,35,36)(H,37,38)(H,39,40)(H,24,28,34)/p-1/t9?,11-,12-,14-,15-,16-,17-,18-,19-,21-/m1/s1. The Hall–Kier alpha value is -2.21. The minimum atomic E-state index is -5.84. The zero-order valence-corrected chi connectivity index (χ0v) is 28.1. The third-order valence-corrected chi connectivity index (χ3v) is 11.2. The molecule has 1 aromatic rings. The number of carboxylic acids is 1. The molecule has 2 fully saturated rings. The van der Waals surface area contributed by atoms with Crippen LogP contribution in [0.1, 0.15) is 20.1 Å². The van der Waals surface area contributed by atoms with Gasteiger partial charge in [0.25, 0.3) is 5.56 Å². The highest BCUT2D eigenvalue weighted by Crippen LogP contribution is 2.61. The molecule has 24 nitrogen and oxygen atoms in total. The van der Waals surface area contributed by atoms with Crippen molar-refractivity contribution in [2.24, 2.45) is 10.9 Å². The summed E-state index contributed by atoms with van der Waals surface area (Å²) < 4.78 is 68.1. The number of aliphatic imine (C=N–C) groups is 1. The third kappa shape index (κ3) is 11.1. The van der Waals surface area contributed by atoms with E-state index in [1.54, 1.807) is 0 Å². The van der Waals surface area contributed by atoms with Crippen LogP contribution in [0.25, 0.3) is 0 Å². The van der Waals surface area contributed by atoms with E-state index in [4.69, 9.17) is 23.8 Å². The van der Waals surface area contributed by atoms with Crippen molar-refractivity contribution < 1.29 is 91.4 Å². The highest BCUT2D eigenvalue weighted by Gasteiger charge is 2.51. The van der Waals surface area contributed by atoms with Crippen molar-refractivity contribution in [3.05, 3.63) is 33.1 Å². The molecule has 0 bridgehead atoms. The number of aliphatic carboxylic acids is 1. The van der Waals surface area contributed by atoms with Gasteiger partial charge in [-0.3, -0.25) is 37.7 Å². The molecule has 0 aliphatic carbocycles. The molecule has 13 atom stereocenters. The summed E-state index contributed by atoms with van der Waals surface area (Å²) in [6, 6.07) is -1.06. The summed E-state index contributed by atoms with van der Waals surface area (Å²) in [4.78, 5) is 70.5. The Kier molecular flexibility index (Phi) is 13.8. The topological polar surface area (TPSA) is 376 Å². The first-order valence-electron chi connectivity index (χ1n) is 13.9. The van der Waals surface area contributed by atoms with E-state index in [2.05, 4.69) is 13.8 Å². The highest BCUT2D eigenvalue weighted by molar-refractivity contribution is 7.61. The maximum Gasteiger partial charge on any atom is 0.483 e. The van der Waals surface area contributed by atoms with E-state index >= 15 is 0 Å². The molecular formula is C22H35N3O21P3-. The quantitative estimate of drug-likeness (QED) is 0.0439. The molecule has 2 aliphatic rings. The van der Waals surface area contributed by atoms with Crippen LogP contribution in [-0.2, 0) is 46.1 Å². The lowest BCUT2D eigenvalue weighted by atomic mass is 9.97. The number of carboxylic acid groups (broad SMARTS) is 1. The number of phosphoric acid groups is 2. The van der Waals surface area contributed by atoms with Crippen LogP contribution in [0.2, 0.25) is 0 Å². The van der Waals surface area contributed by atoms with Gasteiger partial charge in [0.05, 0.1) is 19.1 Å². The summed E-state index contributed by atoms with van der Waals surface area (Å²) in [7, 11) is -15.9. The second-order valence-corrected chi connectivity index (χ2v) is 16.2. The number of carbonyl (C=O) groups is 1. The predicted molar refractivity (Wildman–Crippen MR) is 155 cm³/mol. The van der Waals surface area contributed by atoms with Crippen molar-refractivity contribution in [3.63, 3.8) is 0 Å². The van der Waals surface area contributed by atoms with E-state index < -0.39 is 133 Å². The van der Waals surface area contributed by atoms with Gasteiger partial charge in [0, 0.05) is 18.4 Å². The Bertz CT molecular complexity index is 1610. The van der Waals surface area contributed by atoms with Crippen LogP contribution in [0.5, 0.6) is 0 Å². The van der Waals surface area contributed by atoms with Crippen molar-refractivity contribution in [1.82, 2.24) is 9.55 Å². The average molecular weight is 770 g/mol. The van der Waals surface area contributed by atoms with Crippen molar-refractivity contribution in [3.8, 4) is 0 Å². The van der Waals surface area contributed by atoms with Gasteiger partial charge in [-0.1, -0.05) is 6.92 Å². The first-order chi connectivity index (χ1) is 22.6. The summed E-state index contributed by atoms with van der Waals surface area (Å²) in [5, 5.41) is 61.8. The van der Waals surface area contributed by atoms with Gasteiger partial charge in [0.1, 0.15) is 49.0 Å². The molecule has 3 rings (SSSR count). The van der Waals surface area contributed by atoms with Gasteiger partial charge < -0.3 is 59.5 Å². The van der Waals surface area contributed by atoms with Gasteiger partial charge in [-0.15, -0.1) is 0 Å². The summed E-state index contributed by atoms with van der Waals surface area (Å²) in [5.41, 5.74) is -1.82. The number of rotatable bonds is 16. The van der Waals surface area contributed by atoms with Gasteiger partial charge in [-0.25, -0.2) is 13.9 Å². The molecule has 0 aromatic carbocycles. The van der Waals surface area contributed by atoms with Crippen LogP contribution in [0.3, 0.4) is 0 Å². The van der Waals surface area contributed by atoms with Crippen LogP contribution in [0.15, 0.2) is 26.8 Å². The number of phosphoric ester groups is 2. The number of H-pyrrole nitrogens is 1. The molecule has 280 valence electrons. The third-order valence-electron chi connectivity index (χ3n) is 6.91. The van der Waals surface area contributed by atoms with E-state index in [1.165, 1.54) is 0 Å². The number of aliphatic hydroxyl groups excluding tert-OH is 4. The molecule has 9 N–H and O–H groups in total. The maximum absolute atomic E-state index is 12.8. The molecule has 27 heteroatoms. The first-order valence-corrected chi connectivity index (χ1v) is 18.9. The molecule has 1 aromatic heterocycles. The Labute approximate surface area is 274 Å². The molecule has 2 saturated heterocycles. The summed E-state index contributed by atoms with van der Waals surface area (Å²) in [6.07, 6.45) is -15.8. The van der Waals surface area contributed by atoms with Crippen LogP contribution in [0, 0.1) is 5.92 Å². The predicted octanol–water partition coefficient (Wildman–Crippen LogP) is -4.03. The van der Waals surface area contributed by atoms with Gasteiger partial charge in [-0.2, -0.15) is 4.31 Å². The molecule has 4 unspecified atom stereocenters. The first kappa shape index (κ1) is 41.2. The second kappa shape index (κ2) is 16.4. The molecule has 0 radical (unpaired) electrons. The lowest BCUT2D eigenvalue weighted by Crippen LogP contribution is -2.59. The minimum absolute atomic E-state index is 0.691. The number of nitrogens with one attached hydrogen (secondary N) is 1. The van der Waals surface area contributed by atoms with Crippen LogP contribution in [-0.4, -0.2) is 136 Å². The minimum Gasteiger partial charge on any atom is -0.862 e. The number of hydrogen-bond donors (Lipinski definition) is 9. The van der Waals surface area contributed by atoms with Gasteiger partial charge in [0.15, 0.2) is 12.5 Å². The van der Waals surface area contributed by atoms with Gasteiger partial charge in [-0.05, 0) is 12.8 Å². The fourth-order valence-electron chi connectivity index (χ4n) is 4.64. The molecular weight excluding hydrogens is 735 g/mol. The van der Waals surface area contributed by atoms with Crippen LogP contribution in [0.4, 0.5) is 0 Å². The second-order valence-electron chi connectivity index (χ2n) is 10.9. The molecule has 3 heterocycles. The van der Waals surface area contributed by atoms with E-state index in [0.717, 1.165) is 26.1 Å². The Morgan fingerprint density at radius 1 is 1.08 bits per heavy atom. The number of aromatic nitrogens is 2. The summed E-state index contributed by atoms with van der Waals surface area (Å²) in [5.74, 6) is -3.73. The number of nitrogens with zero attached hydrogens (tertiary/aromatic N) is 2. The normalized spacial score (nSPS) is 33.7. The van der Waals surface area contributed by atoms with Crippen molar-refractivity contribution >= 4 is 34.9 Å². The monoisotopic (exact) mass is 770 g/mol. The van der Waals surface area contributed by atoms with Gasteiger partial charge >= 0.3 is 27.3 Å². The molecule has 0 amide bonds. The zero-order chi connectivity index (χ0) is 37.1. The molecule has 2 aliphatic heterocycles. The summed E-state index contributed by atoms with van der Waals surface area (Å²) >= 11 is 0. The van der Waals surface area contributed by atoms with Crippen LogP contribution < -0.4 is 16.4 Å². The zero-order valence-electron chi connectivity index (χ0n) is 25.4. The van der Waals surface area contributed by atoms with Crippen molar-refractivity contribution in [1.29, 1.82) is 0 Å². The fraction of sp³-hybridized carbons (Fsp3) is 0.727. The molecule has 49 heavy (non-hydrogen) atoms. The van der Waals surface area contributed by atoms with Gasteiger partial charge in [0.2, 0.25) is 7.37 Å². The lowest BCUT2D eigenvalue weighted by molar-refractivity contribution is -0.253. The molecule has 0 saturated carbocycles. The Balaban J connectivity index is 1.73. The van der Waals surface area contributed by atoms with E-state index in [-0.39, 0.29) is 0 Å². The Morgan fingerprint density at radius 3 is 2.31 bits per heavy atom. The molecule has 0 spiro atoms. The average Bonchev–Trinajstić information content (AvgIpc) is 3.24. The van der Waals surface area contributed by atoms with E-state index in [1.807, 2.05) is 4.98 Å². The number of hydrogen-bond acceptors (Lipinski definition) is 18. The fourth-order valence-corrected chi connectivity index (χ4v) is 8.32. The van der Waals surface area contributed by atoms with Crippen molar-refractivity contribution in [2.45, 2.75) is 69.0 Å². The number of aromatic amines is 1. The SMILES string of the molecule is CC([O-])=N[C@H]1[C@@H](OP(=O)(O)OP(=O)(O)OC[C@H]2O[C@@H](n3ccc(=O)[nH]c3=O)[C@H](O)[C@@H]2O)O[C@H](CO)[C@@H](O)[C@@H]1OCP(=O)(O)CC(C)C(=O)O. The maximum atomic E-state index is 12.8. The van der Waals surface area contributed by atoms with Crippen LogP contribution >= 0.6 is 23.0 Å². The van der Waals surface area contributed by atoms with E-state index in [9.17, 15) is 68.3 Å². The smallest absolute Gasteiger partial charge is 0.483 e.